The molecule has 0 aliphatic heterocycles. The lowest BCUT2D eigenvalue weighted by atomic mass is 10.1. The highest BCUT2D eigenvalue weighted by atomic mass is 79.9. The maximum atomic E-state index is 12.3. The molecular weight excluding hydrogens is 456 g/mol. The zero-order valence-electron chi connectivity index (χ0n) is 13.1. The van der Waals surface area contributed by atoms with Crippen LogP contribution in [-0.2, 0) is 4.79 Å². The van der Waals surface area contributed by atoms with Crippen molar-refractivity contribution in [2.24, 2.45) is 0 Å². The number of benzene rings is 2. The van der Waals surface area contributed by atoms with E-state index in [1.807, 2.05) is 0 Å². The Kier molecular flexibility index (Phi) is 6.33. The molecule has 2 N–H and O–H groups in total. The summed E-state index contributed by atoms with van der Waals surface area (Å²) in [4.78, 5) is 37.0. The van der Waals surface area contributed by atoms with E-state index in [-0.39, 0.29) is 0 Å². The minimum absolute atomic E-state index is 0.330. The summed E-state index contributed by atoms with van der Waals surface area (Å²) < 4.78 is 1.28. The molecule has 0 saturated carbocycles. The fraction of sp³-hybridized carbons (Fsp3) is 0.118. The molecule has 8 heteroatoms. The third-order valence-electron chi connectivity index (χ3n) is 3.42. The average molecular weight is 470 g/mol. The Morgan fingerprint density at radius 3 is 2.28 bits per heavy atom. The number of carboxylic acids is 1. The van der Waals surface area contributed by atoms with Crippen LogP contribution in [-0.4, -0.2) is 35.0 Å². The molecule has 2 rings (SSSR count). The van der Waals surface area contributed by atoms with Crippen LogP contribution in [0.3, 0.4) is 0 Å². The van der Waals surface area contributed by atoms with Crippen molar-refractivity contribution in [1.82, 2.24) is 10.2 Å². The van der Waals surface area contributed by atoms with Crippen molar-refractivity contribution < 1.29 is 19.5 Å². The van der Waals surface area contributed by atoms with Gasteiger partial charge in [0.1, 0.15) is 0 Å². The van der Waals surface area contributed by atoms with Crippen LogP contribution in [0.15, 0.2) is 57.5 Å². The molecule has 0 fully saturated rings. The number of halogens is 2. The number of urea groups is 1. The molecule has 0 spiro atoms. The molecule has 2 aromatic rings. The van der Waals surface area contributed by atoms with E-state index in [4.69, 9.17) is 0 Å². The zero-order chi connectivity index (χ0) is 18.6. The van der Waals surface area contributed by atoms with Gasteiger partial charge in [0, 0.05) is 21.6 Å². The summed E-state index contributed by atoms with van der Waals surface area (Å²) in [6.07, 6.45) is 0. The Labute approximate surface area is 161 Å². The SMILES string of the molecule is CN(C(=O)NC(C(=O)O)c1ccc(Br)cc1Br)C(=O)c1ccccc1. The minimum atomic E-state index is -1.30. The van der Waals surface area contributed by atoms with E-state index in [1.165, 1.54) is 7.05 Å². The normalized spacial score (nSPS) is 11.5. The van der Waals surface area contributed by atoms with Gasteiger partial charge in [-0.25, -0.2) is 9.59 Å². The lowest BCUT2D eigenvalue weighted by Crippen LogP contribution is -2.44. The summed E-state index contributed by atoms with van der Waals surface area (Å²) in [6.45, 7) is 0. The highest BCUT2D eigenvalue weighted by Crippen LogP contribution is 2.27. The van der Waals surface area contributed by atoms with E-state index in [0.717, 1.165) is 9.37 Å². The number of carboxylic acid groups (broad SMARTS) is 1. The number of hydrogen-bond acceptors (Lipinski definition) is 3. The Bertz CT molecular complexity index is 812. The van der Waals surface area contributed by atoms with Gasteiger partial charge in [-0.1, -0.05) is 56.1 Å². The first kappa shape index (κ1) is 19.1. The fourth-order valence-electron chi connectivity index (χ4n) is 2.10. The number of imide groups is 1. The van der Waals surface area contributed by atoms with Crippen molar-refractivity contribution in [1.29, 1.82) is 0 Å². The Morgan fingerprint density at radius 1 is 1.08 bits per heavy atom. The number of carbonyl (C=O) groups is 3. The van der Waals surface area contributed by atoms with Gasteiger partial charge in [0.25, 0.3) is 5.91 Å². The van der Waals surface area contributed by atoms with Gasteiger partial charge in [-0.05, 0) is 29.8 Å². The van der Waals surface area contributed by atoms with Crippen molar-refractivity contribution in [3.05, 3.63) is 68.6 Å². The maximum Gasteiger partial charge on any atom is 0.331 e. The summed E-state index contributed by atoms with van der Waals surface area (Å²) >= 11 is 6.57. The molecular formula is C17H14Br2N2O4. The van der Waals surface area contributed by atoms with Crippen molar-refractivity contribution in [3.8, 4) is 0 Å². The van der Waals surface area contributed by atoms with Crippen LogP contribution >= 0.6 is 31.9 Å². The lowest BCUT2D eigenvalue weighted by molar-refractivity contribution is -0.139. The number of aliphatic carboxylic acids is 1. The average Bonchev–Trinajstić information content (AvgIpc) is 2.59. The molecule has 0 heterocycles. The predicted molar refractivity (Wildman–Crippen MR) is 99.3 cm³/mol. The highest BCUT2D eigenvalue weighted by molar-refractivity contribution is 9.11. The van der Waals surface area contributed by atoms with Gasteiger partial charge >= 0.3 is 12.0 Å². The van der Waals surface area contributed by atoms with E-state index < -0.39 is 23.9 Å². The Balaban J connectivity index is 2.20. The second kappa shape index (κ2) is 8.26. The molecule has 6 nitrogen and oxygen atoms in total. The molecule has 2 aromatic carbocycles. The third kappa shape index (κ3) is 4.67. The monoisotopic (exact) mass is 468 g/mol. The van der Waals surface area contributed by atoms with Crippen molar-refractivity contribution in [3.63, 3.8) is 0 Å². The van der Waals surface area contributed by atoms with Crippen molar-refractivity contribution >= 4 is 49.8 Å². The van der Waals surface area contributed by atoms with Gasteiger partial charge in [0.05, 0.1) is 0 Å². The minimum Gasteiger partial charge on any atom is -0.479 e. The zero-order valence-corrected chi connectivity index (χ0v) is 16.2. The van der Waals surface area contributed by atoms with Crippen LogP contribution in [0.2, 0.25) is 0 Å². The predicted octanol–water partition coefficient (Wildman–Crippen LogP) is 3.82. The van der Waals surface area contributed by atoms with E-state index in [0.29, 0.717) is 15.6 Å². The second-order valence-electron chi connectivity index (χ2n) is 5.12. The van der Waals surface area contributed by atoms with Crippen LogP contribution in [0, 0.1) is 0 Å². The summed E-state index contributed by atoms with van der Waals surface area (Å²) in [6, 6.07) is 11.1. The van der Waals surface area contributed by atoms with Crippen LogP contribution < -0.4 is 5.32 Å². The van der Waals surface area contributed by atoms with Gasteiger partial charge in [-0.15, -0.1) is 0 Å². The molecule has 3 amide bonds. The largest absolute Gasteiger partial charge is 0.479 e. The molecule has 130 valence electrons. The van der Waals surface area contributed by atoms with Crippen LogP contribution in [0.25, 0.3) is 0 Å². The molecule has 0 aromatic heterocycles. The van der Waals surface area contributed by atoms with Crippen molar-refractivity contribution in [2.45, 2.75) is 6.04 Å². The molecule has 0 saturated heterocycles. The number of carbonyl (C=O) groups excluding carboxylic acids is 2. The third-order valence-corrected chi connectivity index (χ3v) is 4.60. The number of hydrogen-bond donors (Lipinski definition) is 2. The van der Waals surface area contributed by atoms with Gasteiger partial charge in [-0.3, -0.25) is 9.69 Å². The standard InChI is InChI=1S/C17H14Br2N2O4/c1-21(15(22)10-5-3-2-4-6-10)17(25)20-14(16(23)24)12-8-7-11(18)9-13(12)19/h2-9,14H,1H3,(H,20,25)(H,23,24). The summed E-state index contributed by atoms with van der Waals surface area (Å²) in [7, 11) is 1.29. The summed E-state index contributed by atoms with van der Waals surface area (Å²) in [5, 5.41) is 11.8. The van der Waals surface area contributed by atoms with E-state index >= 15 is 0 Å². The first-order valence-electron chi connectivity index (χ1n) is 7.12. The van der Waals surface area contributed by atoms with E-state index in [2.05, 4.69) is 37.2 Å². The lowest BCUT2D eigenvalue weighted by Gasteiger charge is -2.21. The first-order valence-corrected chi connectivity index (χ1v) is 8.71. The van der Waals surface area contributed by atoms with Gasteiger partial charge < -0.3 is 10.4 Å². The Morgan fingerprint density at radius 2 is 1.72 bits per heavy atom. The van der Waals surface area contributed by atoms with Crippen LogP contribution in [0.4, 0.5) is 4.79 Å². The molecule has 0 aliphatic carbocycles. The molecule has 0 bridgehead atoms. The molecule has 1 atom stereocenters. The highest BCUT2D eigenvalue weighted by Gasteiger charge is 2.27. The smallest absolute Gasteiger partial charge is 0.331 e. The van der Waals surface area contributed by atoms with E-state index in [9.17, 15) is 19.5 Å². The van der Waals surface area contributed by atoms with Crippen LogP contribution in [0.1, 0.15) is 22.0 Å². The summed E-state index contributed by atoms with van der Waals surface area (Å²) in [5.41, 5.74) is 0.696. The fourth-order valence-corrected chi connectivity index (χ4v) is 3.37. The summed E-state index contributed by atoms with van der Waals surface area (Å²) in [5.74, 6) is -1.77. The topological polar surface area (TPSA) is 86.7 Å². The molecule has 0 aliphatic rings. The van der Waals surface area contributed by atoms with Gasteiger partial charge in [0.15, 0.2) is 6.04 Å². The molecule has 1 unspecified atom stereocenters. The molecule has 0 radical (unpaired) electrons. The molecule has 25 heavy (non-hydrogen) atoms. The number of nitrogens with zero attached hydrogens (tertiary/aromatic N) is 1. The van der Waals surface area contributed by atoms with Crippen molar-refractivity contribution in [2.75, 3.05) is 7.05 Å². The van der Waals surface area contributed by atoms with Crippen LogP contribution in [0.5, 0.6) is 0 Å². The number of rotatable bonds is 4. The van der Waals surface area contributed by atoms with E-state index in [1.54, 1.807) is 48.5 Å². The second-order valence-corrected chi connectivity index (χ2v) is 6.89. The number of amides is 3. The number of nitrogens with one attached hydrogen (secondary N) is 1. The van der Waals surface area contributed by atoms with Gasteiger partial charge in [0.2, 0.25) is 0 Å². The Hall–Kier alpha value is -2.19. The quantitative estimate of drug-likeness (QED) is 0.712. The van der Waals surface area contributed by atoms with Gasteiger partial charge in [-0.2, -0.15) is 0 Å². The first-order chi connectivity index (χ1) is 11.8. The maximum absolute atomic E-state index is 12.3.